The summed E-state index contributed by atoms with van der Waals surface area (Å²) in [6.07, 6.45) is -3.46. The maximum atomic E-state index is 12.9. The van der Waals surface area contributed by atoms with Crippen molar-refractivity contribution in [2.75, 3.05) is 11.9 Å². The number of anilines is 1. The SMILES string of the molecule is CCOc1cc(/C=C(\C#N)C(=O)Nc2cccc(C(F)(F)F)c2)cc(Cl)c1OC(C)C. The van der Waals surface area contributed by atoms with Crippen LogP contribution >= 0.6 is 11.6 Å². The van der Waals surface area contributed by atoms with Crippen LogP contribution in [0.5, 0.6) is 11.5 Å². The summed E-state index contributed by atoms with van der Waals surface area (Å²) >= 11 is 6.29. The highest BCUT2D eigenvalue weighted by Crippen LogP contribution is 2.38. The maximum absolute atomic E-state index is 12.9. The molecule has 0 radical (unpaired) electrons. The molecule has 1 amide bonds. The van der Waals surface area contributed by atoms with Crippen molar-refractivity contribution in [1.29, 1.82) is 5.26 Å². The van der Waals surface area contributed by atoms with Crippen LogP contribution in [0, 0.1) is 11.3 Å². The number of amides is 1. The molecule has 0 bridgehead atoms. The minimum Gasteiger partial charge on any atom is -0.490 e. The van der Waals surface area contributed by atoms with Gasteiger partial charge in [0.25, 0.3) is 5.91 Å². The van der Waals surface area contributed by atoms with Gasteiger partial charge in [0.2, 0.25) is 0 Å². The van der Waals surface area contributed by atoms with Crippen LogP contribution in [0.1, 0.15) is 31.9 Å². The molecule has 0 aromatic heterocycles. The van der Waals surface area contributed by atoms with Gasteiger partial charge in [-0.1, -0.05) is 17.7 Å². The molecule has 2 rings (SSSR count). The van der Waals surface area contributed by atoms with E-state index in [-0.39, 0.29) is 22.4 Å². The normalized spacial score (nSPS) is 11.8. The molecule has 0 saturated heterocycles. The number of hydrogen-bond donors (Lipinski definition) is 1. The first-order valence-corrected chi connectivity index (χ1v) is 9.66. The summed E-state index contributed by atoms with van der Waals surface area (Å²) < 4.78 is 49.8. The van der Waals surface area contributed by atoms with E-state index < -0.39 is 17.6 Å². The van der Waals surface area contributed by atoms with Crippen LogP contribution in [0.15, 0.2) is 42.0 Å². The monoisotopic (exact) mass is 452 g/mol. The van der Waals surface area contributed by atoms with Gasteiger partial charge in [-0.15, -0.1) is 0 Å². The zero-order chi connectivity index (χ0) is 23.2. The number of halogens is 4. The lowest BCUT2D eigenvalue weighted by molar-refractivity contribution is -0.137. The Balaban J connectivity index is 2.34. The van der Waals surface area contributed by atoms with Crippen LogP contribution in [0.2, 0.25) is 5.02 Å². The van der Waals surface area contributed by atoms with Gasteiger partial charge in [0, 0.05) is 5.69 Å². The minimum absolute atomic E-state index is 0.0882. The summed E-state index contributed by atoms with van der Waals surface area (Å²) in [7, 11) is 0. The summed E-state index contributed by atoms with van der Waals surface area (Å²) in [5, 5.41) is 11.9. The largest absolute Gasteiger partial charge is 0.490 e. The van der Waals surface area contributed by atoms with Crippen molar-refractivity contribution in [2.24, 2.45) is 0 Å². The van der Waals surface area contributed by atoms with Gasteiger partial charge < -0.3 is 14.8 Å². The molecule has 0 saturated carbocycles. The highest BCUT2D eigenvalue weighted by molar-refractivity contribution is 6.32. The van der Waals surface area contributed by atoms with Gasteiger partial charge in [0.05, 0.1) is 23.3 Å². The standard InChI is InChI=1S/C22H20ClF3N2O3/c1-4-30-19-10-14(9-18(23)20(19)31-13(2)3)8-15(12-27)21(29)28-17-7-5-6-16(11-17)22(24,25)26/h5-11,13H,4H2,1-3H3,(H,28,29)/b15-8+. The lowest BCUT2D eigenvalue weighted by Crippen LogP contribution is -2.14. The van der Waals surface area contributed by atoms with E-state index in [9.17, 15) is 23.2 Å². The number of carbonyl (C=O) groups excluding carboxylic acids is 1. The maximum Gasteiger partial charge on any atom is 0.416 e. The van der Waals surface area contributed by atoms with E-state index in [2.05, 4.69) is 5.32 Å². The fourth-order valence-corrected chi connectivity index (χ4v) is 2.83. The van der Waals surface area contributed by atoms with Gasteiger partial charge in [0.1, 0.15) is 11.6 Å². The number of carbonyl (C=O) groups is 1. The number of hydrogen-bond acceptors (Lipinski definition) is 4. The van der Waals surface area contributed by atoms with Crippen molar-refractivity contribution in [1.82, 2.24) is 0 Å². The van der Waals surface area contributed by atoms with Crippen molar-refractivity contribution in [3.63, 3.8) is 0 Å². The Labute approximate surface area is 183 Å². The van der Waals surface area contributed by atoms with Crippen LogP contribution in [-0.2, 0) is 11.0 Å². The molecule has 0 spiro atoms. The first kappa shape index (κ1) is 24.1. The molecule has 2 aromatic rings. The molecule has 0 fully saturated rings. The lowest BCUT2D eigenvalue weighted by atomic mass is 10.1. The van der Waals surface area contributed by atoms with Gasteiger partial charge in [-0.25, -0.2) is 0 Å². The van der Waals surface area contributed by atoms with Crippen molar-refractivity contribution < 1.29 is 27.4 Å². The summed E-state index contributed by atoms with van der Waals surface area (Å²) in [6.45, 7) is 5.76. The number of nitrogens with zero attached hydrogens (tertiary/aromatic N) is 1. The molecule has 31 heavy (non-hydrogen) atoms. The second-order valence-corrected chi connectivity index (χ2v) is 7.04. The summed E-state index contributed by atoms with van der Waals surface area (Å²) in [4.78, 5) is 12.4. The highest BCUT2D eigenvalue weighted by atomic mass is 35.5. The number of nitrogens with one attached hydrogen (secondary N) is 1. The summed E-state index contributed by atoms with van der Waals surface area (Å²) in [5.41, 5.74) is -0.940. The Kier molecular flexibility index (Phi) is 7.95. The number of ether oxygens (including phenoxy) is 2. The Morgan fingerprint density at radius 3 is 2.58 bits per heavy atom. The van der Waals surface area contributed by atoms with E-state index in [0.29, 0.717) is 23.7 Å². The van der Waals surface area contributed by atoms with Crippen LogP contribution in [0.3, 0.4) is 0 Å². The predicted octanol–water partition coefficient (Wildman–Crippen LogP) is 6.09. The number of rotatable bonds is 7. The summed E-state index contributed by atoms with van der Waals surface area (Å²) in [5.74, 6) is -0.188. The molecule has 0 aliphatic carbocycles. The number of nitriles is 1. The predicted molar refractivity (Wildman–Crippen MR) is 112 cm³/mol. The minimum atomic E-state index is -4.55. The molecule has 164 valence electrons. The van der Waals surface area contributed by atoms with E-state index in [0.717, 1.165) is 18.2 Å². The number of alkyl halides is 3. The van der Waals surface area contributed by atoms with Gasteiger partial charge in [0.15, 0.2) is 11.5 Å². The Morgan fingerprint density at radius 2 is 2.00 bits per heavy atom. The van der Waals surface area contributed by atoms with E-state index in [1.165, 1.54) is 18.2 Å². The number of benzene rings is 2. The van der Waals surface area contributed by atoms with E-state index in [4.69, 9.17) is 21.1 Å². The molecular formula is C22H20ClF3N2O3. The molecule has 0 heterocycles. The van der Waals surface area contributed by atoms with Gasteiger partial charge >= 0.3 is 6.18 Å². The average Bonchev–Trinajstić information content (AvgIpc) is 2.68. The van der Waals surface area contributed by atoms with Crippen molar-refractivity contribution in [3.8, 4) is 17.6 Å². The van der Waals surface area contributed by atoms with Crippen molar-refractivity contribution >= 4 is 29.3 Å². The third kappa shape index (κ3) is 6.66. The quantitative estimate of drug-likeness (QED) is 0.407. The smallest absolute Gasteiger partial charge is 0.416 e. The molecule has 2 aromatic carbocycles. The Morgan fingerprint density at radius 1 is 1.29 bits per heavy atom. The van der Waals surface area contributed by atoms with Crippen LogP contribution < -0.4 is 14.8 Å². The molecule has 5 nitrogen and oxygen atoms in total. The average molecular weight is 453 g/mol. The molecule has 0 aliphatic rings. The Hall–Kier alpha value is -3.18. The van der Waals surface area contributed by atoms with Crippen molar-refractivity contribution in [2.45, 2.75) is 33.1 Å². The summed E-state index contributed by atoms with van der Waals surface area (Å²) in [6, 6.07) is 8.93. The molecular weight excluding hydrogens is 433 g/mol. The highest BCUT2D eigenvalue weighted by Gasteiger charge is 2.30. The first-order valence-electron chi connectivity index (χ1n) is 9.28. The molecule has 0 unspecified atom stereocenters. The van der Waals surface area contributed by atoms with Crippen LogP contribution in [0.4, 0.5) is 18.9 Å². The molecule has 1 N–H and O–H groups in total. The zero-order valence-electron chi connectivity index (χ0n) is 17.0. The van der Waals surface area contributed by atoms with Gasteiger partial charge in [-0.3, -0.25) is 4.79 Å². The van der Waals surface area contributed by atoms with E-state index in [1.807, 2.05) is 13.8 Å². The fraction of sp³-hybridized carbons (Fsp3) is 0.273. The van der Waals surface area contributed by atoms with Crippen molar-refractivity contribution in [3.05, 3.63) is 58.1 Å². The third-order valence-corrected chi connectivity index (χ3v) is 4.09. The van der Waals surface area contributed by atoms with Crippen LogP contribution in [-0.4, -0.2) is 18.6 Å². The molecule has 9 heteroatoms. The first-order chi connectivity index (χ1) is 14.5. The zero-order valence-corrected chi connectivity index (χ0v) is 17.8. The van der Waals surface area contributed by atoms with Crippen LogP contribution in [0.25, 0.3) is 6.08 Å². The fourth-order valence-electron chi connectivity index (χ4n) is 2.57. The van der Waals surface area contributed by atoms with Gasteiger partial charge in [-0.05, 0) is 62.7 Å². The van der Waals surface area contributed by atoms with E-state index >= 15 is 0 Å². The molecule has 0 aliphatic heterocycles. The topological polar surface area (TPSA) is 71.3 Å². The third-order valence-electron chi connectivity index (χ3n) is 3.81. The second-order valence-electron chi connectivity index (χ2n) is 6.63. The van der Waals surface area contributed by atoms with E-state index in [1.54, 1.807) is 19.1 Å². The Bertz CT molecular complexity index is 1030. The molecule has 0 atom stereocenters. The lowest BCUT2D eigenvalue weighted by Gasteiger charge is -2.16. The second kappa shape index (κ2) is 10.2. The van der Waals surface area contributed by atoms with Gasteiger partial charge in [-0.2, -0.15) is 18.4 Å².